The van der Waals surface area contributed by atoms with Gasteiger partial charge in [0.15, 0.2) is 0 Å². The van der Waals surface area contributed by atoms with Crippen LogP contribution in [0.15, 0.2) is 72.8 Å². The zero-order valence-corrected chi connectivity index (χ0v) is 20.5. The van der Waals surface area contributed by atoms with E-state index in [4.69, 9.17) is 0 Å². The first kappa shape index (κ1) is 24.0. The molecule has 1 amide bonds. The van der Waals surface area contributed by atoms with Crippen molar-refractivity contribution in [3.8, 4) is 0 Å². The lowest BCUT2D eigenvalue weighted by Gasteiger charge is -2.39. The molecule has 1 aromatic heterocycles. The maximum Gasteiger partial charge on any atom is 0.413 e. The molecular weight excluding hydrogens is 457 g/mol. The lowest BCUT2D eigenvalue weighted by Crippen LogP contribution is -2.47. The summed E-state index contributed by atoms with van der Waals surface area (Å²) in [5.41, 5.74) is 5.28. The number of fused-ring (bicyclic) bond motifs is 1. The van der Waals surface area contributed by atoms with E-state index in [-0.39, 0.29) is 11.9 Å². The quantitative estimate of drug-likeness (QED) is 0.423. The number of aryl methyl sites for hydroxylation is 1. The van der Waals surface area contributed by atoms with Crippen molar-refractivity contribution in [1.29, 1.82) is 0 Å². The molecule has 7 nitrogen and oxygen atoms in total. The Morgan fingerprint density at radius 3 is 2.39 bits per heavy atom. The third kappa shape index (κ3) is 5.10. The molecule has 186 valence electrons. The summed E-state index contributed by atoms with van der Waals surface area (Å²) in [5.74, 6) is 0.240. The van der Waals surface area contributed by atoms with Gasteiger partial charge in [-0.3, -0.25) is 15.1 Å². The van der Waals surface area contributed by atoms with E-state index in [0.717, 1.165) is 49.3 Å². The number of hydrogen-bond acceptors (Lipinski definition) is 5. The van der Waals surface area contributed by atoms with Gasteiger partial charge in [-0.2, -0.15) is 0 Å². The Kier molecular flexibility index (Phi) is 6.97. The van der Waals surface area contributed by atoms with E-state index in [9.17, 15) is 9.18 Å². The van der Waals surface area contributed by atoms with Gasteiger partial charge in [-0.25, -0.2) is 14.2 Å². The van der Waals surface area contributed by atoms with Crippen LogP contribution < -0.4 is 5.32 Å². The number of anilines is 1. The predicted molar refractivity (Wildman–Crippen MR) is 138 cm³/mol. The fourth-order valence-corrected chi connectivity index (χ4v) is 4.93. The molecule has 0 radical (unpaired) electrons. The first-order valence-corrected chi connectivity index (χ1v) is 12.1. The number of imidazole rings is 1. The molecule has 0 aliphatic carbocycles. The van der Waals surface area contributed by atoms with E-state index in [1.54, 1.807) is 12.1 Å². The van der Waals surface area contributed by atoms with E-state index in [2.05, 4.69) is 61.2 Å². The minimum absolute atomic E-state index is 0.0968. The summed E-state index contributed by atoms with van der Waals surface area (Å²) in [6.45, 7) is 4.51. The molecule has 0 bridgehead atoms. The van der Waals surface area contributed by atoms with Crippen LogP contribution in [0.25, 0.3) is 11.0 Å². The van der Waals surface area contributed by atoms with Crippen LogP contribution in [0.2, 0.25) is 0 Å². The SMILES string of the molecule is COC(=O)Nc1nc2cc(CN3CCN(C(c4ccccc4)c4ccc(F)cc4)CC3)ccc2n1C. The Morgan fingerprint density at radius 2 is 1.69 bits per heavy atom. The molecule has 1 aliphatic heterocycles. The molecular formula is C28H30FN5O2. The maximum atomic E-state index is 13.6. The number of rotatable bonds is 6. The van der Waals surface area contributed by atoms with Crippen LogP contribution in [-0.2, 0) is 18.3 Å². The minimum Gasteiger partial charge on any atom is -0.453 e. The van der Waals surface area contributed by atoms with Gasteiger partial charge in [-0.1, -0.05) is 48.5 Å². The summed E-state index contributed by atoms with van der Waals surface area (Å²) in [5, 5.41) is 2.65. The maximum absolute atomic E-state index is 13.6. The second-order valence-electron chi connectivity index (χ2n) is 9.11. The van der Waals surface area contributed by atoms with Crippen LogP contribution >= 0.6 is 0 Å². The van der Waals surface area contributed by atoms with Crippen molar-refractivity contribution in [1.82, 2.24) is 19.4 Å². The molecule has 1 N–H and O–H groups in total. The summed E-state index contributed by atoms with van der Waals surface area (Å²) in [6, 6.07) is 23.6. The van der Waals surface area contributed by atoms with Crippen molar-refractivity contribution in [3.63, 3.8) is 0 Å². The van der Waals surface area contributed by atoms with Gasteiger partial charge < -0.3 is 9.30 Å². The van der Waals surface area contributed by atoms with Crippen LogP contribution in [0.5, 0.6) is 0 Å². The van der Waals surface area contributed by atoms with Crippen LogP contribution in [0.1, 0.15) is 22.7 Å². The molecule has 1 atom stereocenters. The van der Waals surface area contributed by atoms with Crippen LogP contribution in [-0.4, -0.2) is 58.7 Å². The summed E-state index contributed by atoms with van der Waals surface area (Å²) in [4.78, 5) is 21.1. The number of methoxy groups -OCH3 is 1. The number of aromatic nitrogens is 2. The van der Waals surface area contributed by atoms with Gasteiger partial charge in [0.1, 0.15) is 5.82 Å². The van der Waals surface area contributed by atoms with E-state index < -0.39 is 6.09 Å². The number of carbonyl (C=O) groups is 1. The fraction of sp³-hybridized carbons (Fsp3) is 0.286. The normalized spacial score (nSPS) is 15.6. The van der Waals surface area contributed by atoms with Gasteiger partial charge >= 0.3 is 6.09 Å². The molecule has 0 saturated carbocycles. The lowest BCUT2D eigenvalue weighted by molar-refractivity contribution is 0.105. The number of amides is 1. The molecule has 8 heteroatoms. The number of benzene rings is 3. The smallest absolute Gasteiger partial charge is 0.413 e. The average Bonchev–Trinajstić information content (AvgIpc) is 3.21. The third-order valence-electron chi connectivity index (χ3n) is 6.82. The van der Waals surface area contributed by atoms with Gasteiger partial charge in [0.05, 0.1) is 24.2 Å². The lowest BCUT2D eigenvalue weighted by atomic mass is 9.96. The topological polar surface area (TPSA) is 62.6 Å². The van der Waals surface area contributed by atoms with E-state index in [1.807, 2.05) is 35.9 Å². The Bertz CT molecular complexity index is 1330. The van der Waals surface area contributed by atoms with E-state index >= 15 is 0 Å². The zero-order chi connectivity index (χ0) is 25.1. The number of nitrogens with zero attached hydrogens (tertiary/aromatic N) is 4. The summed E-state index contributed by atoms with van der Waals surface area (Å²) < 4.78 is 20.1. The van der Waals surface area contributed by atoms with Crippen molar-refractivity contribution < 1.29 is 13.9 Å². The highest BCUT2D eigenvalue weighted by atomic mass is 19.1. The van der Waals surface area contributed by atoms with Crippen molar-refractivity contribution >= 4 is 23.1 Å². The third-order valence-corrected chi connectivity index (χ3v) is 6.82. The van der Waals surface area contributed by atoms with Crippen LogP contribution in [0, 0.1) is 5.82 Å². The molecule has 3 aromatic carbocycles. The summed E-state index contributed by atoms with van der Waals surface area (Å²) in [6.07, 6.45) is -0.541. The first-order valence-electron chi connectivity index (χ1n) is 12.1. The second kappa shape index (κ2) is 10.5. The highest BCUT2D eigenvalue weighted by molar-refractivity contribution is 5.87. The molecule has 4 aromatic rings. The molecule has 5 rings (SSSR count). The van der Waals surface area contributed by atoms with Crippen LogP contribution in [0.4, 0.5) is 15.1 Å². The summed E-state index contributed by atoms with van der Waals surface area (Å²) in [7, 11) is 3.20. The van der Waals surface area contributed by atoms with Gasteiger partial charge in [-0.15, -0.1) is 0 Å². The number of carbonyl (C=O) groups excluding carboxylic acids is 1. The van der Waals surface area contributed by atoms with Crippen molar-refractivity contribution in [3.05, 3.63) is 95.3 Å². The van der Waals surface area contributed by atoms with Gasteiger partial charge in [-0.05, 0) is 41.0 Å². The highest BCUT2D eigenvalue weighted by Gasteiger charge is 2.26. The highest BCUT2D eigenvalue weighted by Crippen LogP contribution is 2.30. The number of halogens is 1. The monoisotopic (exact) mass is 487 g/mol. The van der Waals surface area contributed by atoms with E-state index in [1.165, 1.54) is 18.2 Å². The Hall–Kier alpha value is -3.75. The molecule has 2 heterocycles. The second-order valence-corrected chi connectivity index (χ2v) is 9.11. The van der Waals surface area contributed by atoms with Crippen molar-refractivity contribution in [2.24, 2.45) is 7.05 Å². The predicted octanol–water partition coefficient (Wildman–Crippen LogP) is 4.80. The zero-order valence-electron chi connectivity index (χ0n) is 20.5. The van der Waals surface area contributed by atoms with E-state index in [0.29, 0.717) is 5.95 Å². The summed E-state index contributed by atoms with van der Waals surface area (Å²) >= 11 is 0. The standard InChI is InChI=1S/C28H30FN5O2/c1-32-25-13-8-20(18-24(25)30-27(32)31-28(35)36-2)19-33-14-16-34(17-15-33)26(21-6-4-3-5-7-21)22-9-11-23(29)12-10-22/h3-13,18,26H,14-17,19H2,1-2H3,(H,30,31,35). The molecule has 1 fully saturated rings. The number of hydrogen-bond donors (Lipinski definition) is 1. The van der Waals surface area contributed by atoms with Crippen molar-refractivity contribution in [2.45, 2.75) is 12.6 Å². The largest absolute Gasteiger partial charge is 0.453 e. The van der Waals surface area contributed by atoms with Gasteiger partial charge in [0, 0.05) is 39.8 Å². The minimum atomic E-state index is -0.541. The number of nitrogens with one attached hydrogen (secondary N) is 1. The average molecular weight is 488 g/mol. The van der Waals surface area contributed by atoms with Crippen molar-refractivity contribution in [2.75, 3.05) is 38.6 Å². The molecule has 36 heavy (non-hydrogen) atoms. The Balaban J connectivity index is 1.28. The van der Waals surface area contributed by atoms with Gasteiger partial charge in [0.25, 0.3) is 0 Å². The molecule has 1 aliphatic rings. The fourth-order valence-electron chi connectivity index (χ4n) is 4.93. The molecule has 1 saturated heterocycles. The Labute approximate surface area is 210 Å². The van der Waals surface area contributed by atoms with Crippen LogP contribution in [0.3, 0.4) is 0 Å². The Morgan fingerprint density at radius 1 is 1.00 bits per heavy atom. The number of ether oxygens (including phenoxy) is 1. The molecule has 0 spiro atoms. The number of piperazine rings is 1. The van der Waals surface area contributed by atoms with Gasteiger partial charge in [0.2, 0.25) is 5.95 Å². The molecule has 1 unspecified atom stereocenters. The first-order chi connectivity index (χ1) is 17.5.